The van der Waals surface area contributed by atoms with E-state index in [1.165, 1.54) is 17.7 Å². The lowest BCUT2D eigenvalue weighted by Gasteiger charge is -2.30. The predicted molar refractivity (Wildman–Crippen MR) is 131 cm³/mol. The lowest BCUT2D eigenvalue weighted by atomic mass is 9.97. The lowest BCUT2D eigenvalue weighted by molar-refractivity contribution is 0.0726. The fourth-order valence-corrected chi connectivity index (χ4v) is 4.16. The van der Waals surface area contributed by atoms with E-state index in [0.717, 1.165) is 36.5 Å². The van der Waals surface area contributed by atoms with Crippen LogP contribution in [0.15, 0.2) is 54.7 Å². The van der Waals surface area contributed by atoms with E-state index in [0.29, 0.717) is 24.3 Å². The van der Waals surface area contributed by atoms with E-state index >= 15 is 0 Å². The highest BCUT2D eigenvalue weighted by atomic mass is 19.3. The molecule has 1 saturated heterocycles. The number of anilines is 1. The minimum absolute atomic E-state index is 0.0387. The van der Waals surface area contributed by atoms with E-state index in [1.807, 2.05) is 12.1 Å². The summed E-state index contributed by atoms with van der Waals surface area (Å²) in [4.78, 5) is 19.0. The smallest absolute Gasteiger partial charge is 0.264 e. The molecule has 7 nitrogen and oxygen atoms in total. The number of hydrogen-bond acceptors (Lipinski definition) is 6. The van der Waals surface area contributed by atoms with Gasteiger partial charge in [-0.15, -0.1) is 0 Å². The zero-order valence-electron chi connectivity index (χ0n) is 19.8. The fourth-order valence-electron chi connectivity index (χ4n) is 4.16. The molecule has 0 bridgehead atoms. The molecule has 1 fully saturated rings. The molecule has 36 heavy (non-hydrogen) atoms. The van der Waals surface area contributed by atoms with Gasteiger partial charge in [0.15, 0.2) is 0 Å². The number of fused-ring (bicyclic) bond motifs is 1. The number of amides is 1. The topological polar surface area (TPSA) is 97.9 Å². The molecule has 0 spiro atoms. The van der Waals surface area contributed by atoms with Gasteiger partial charge in [0.2, 0.25) is 0 Å². The molecule has 0 aliphatic carbocycles. The Morgan fingerprint density at radius 1 is 1.17 bits per heavy atom. The first-order valence-electron chi connectivity index (χ1n) is 11.8. The average Bonchev–Trinajstić information content (AvgIpc) is 3.48. The summed E-state index contributed by atoms with van der Waals surface area (Å²) < 4.78 is 37.2. The molecular formula is C27H29F2N3O4. The standard InChI is InChI=1S/C23H21F2N3O3.C4H8O/c24-22(25)15-10-19(29)21(20(11-15)31-13-16-5-1-2-8-27-16)23(30)28-9-7-14-4-3-6-18(26)17(14)12-28;1-2-4-5-3-1/h1-6,8,10-11,22,29H,7,9,12-13,26H2;1-4H2. The third-order valence-electron chi connectivity index (χ3n) is 6.10. The Balaban J connectivity index is 0.000000543. The highest BCUT2D eigenvalue weighted by Gasteiger charge is 2.29. The van der Waals surface area contributed by atoms with Crippen molar-refractivity contribution in [3.63, 3.8) is 0 Å². The van der Waals surface area contributed by atoms with Crippen molar-refractivity contribution in [2.75, 3.05) is 25.5 Å². The SMILES string of the molecule is C1CCOC1.Nc1cccc2c1CN(C(=O)c1c(O)cc(C(F)F)cc1OCc1ccccn1)CC2. The van der Waals surface area contributed by atoms with E-state index in [1.54, 1.807) is 30.5 Å². The number of rotatable bonds is 5. The van der Waals surface area contributed by atoms with Crippen LogP contribution in [0.25, 0.3) is 0 Å². The summed E-state index contributed by atoms with van der Waals surface area (Å²) in [7, 11) is 0. The number of nitrogen functional groups attached to an aromatic ring is 1. The third-order valence-corrected chi connectivity index (χ3v) is 6.10. The zero-order valence-corrected chi connectivity index (χ0v) is 19.8. The van der Waals surface area contributed by atoms with E-state index < -0.39 is 23.6 Å². The number of alkyl halides is 2. The Morgan fingerprint density at radius 3 is 2.64 bits per heavy atom. The van der Waals surface area contributed by atoms with Crippen molar-refractivity contribution in [3.8, 4) is 11.5 Å². The number of aromatic nitrogens is 1. The largest absolute Gasteiger partial charge is 0.507 e. The Hall–Kier alpha value is -3.72. The lowest BCUT2D eigenvalue weighted by Crippen LogP contribution is -2.36. The summed E-state index contributed by atoms with van der Waals surface area (Å²) in [5.41, 5.74) is 8.53. The van der Waals surface area contributed by atoms with Gasteiger partial charge in [0, 0.05) is 43.8 Å². The number of ether oxygens (including phenoxy) is 2. The summed E-state index contributed by atoms with van der Waals surface area (Å²) in [6.45, 7) is 2.63. The maximum Gasteiger partial charge on any atom is 0.264 e. The van der Waals surface area contributed by atoms with Crippen LogP contribution < -0.4 is 10.5 Å². The van der Waals surface area contributed by atoms with Gasteiger partial charge in [-0.05, 0) is 60.7 Å². The summed E-state index contributed by atoms with van der Waals surface area (Å²) in [6, 6.07) is 12.8. The molecule has 5 rings (SSSR count). The number of phenols is 1. The Labute approximate surface area is 208 Å². The second-order valence-corrected chi connectivity index (χ2v) is 8.60. The van der Waals surface area contributed by atoms with Gasteiger partial charge in [-0.3, -0.25) is 9.78 Å². The number of pyridine rings is 1. The van der Waals surface area contributed by atoms with Gasteiger partial charge in [0.25, 0.3) is 12.3 Å². The van der Waals surface area contributed by atoms with Gasteiger partial charge in [0.05, 0.1) is 5.69 Å². The van der Waals surface area contributed by atoms with Gasteiger partial charge >= 0.3 is 0 Å². The van der Waals surface area contributed by atoms with Crippen LogP contribution in [0.1, 0.15) is 52.0 Å². The Bertz CT molecular complexity index is 1180. The van der Waals surface area contributed by atoms with Crippen molar-refractivity contribution in [1.29, 1.82) is 0 Å². The van der Waals surface area contributed by atoms with Crippen LogP contribution in [0.4, 0.5) is 14.5 Å². The van der Waals surface area contributed by atoms with E-state index in [-0.39, 0.29) is 24.5 Å². The molecule has 2 aliphatic rings. The van der Waals surface area contributed by atoms with Gasteiger partial charge in [0.1, 0.15) is 23.7 Å². The Kier molecular flexibility index (Phi) is 8.32. The third kappa shape index (κ3) is 6.09. The summed E-state index contributed by atoms with van der Waals surface area (Å²) in [5.74, 6) is -1.17. The van der Waals surface area contributed by atoms with Crippen molar-refractivity contribution < 1.29 is 28.2 Å². The highest BCUT2D eigenvalue weighted by Crippen LogP contribution is 2.36. The number of aromatic hydroxyl groups is 1. The first-order valence-corrected chi connectivity index (χ1v) is 11.8. The number of nitrogens with two attached hydrogens (primary N) is 1. The molecule has 9 heteroatoms. The van der Waals surface area contributed by atoms with Crippen LogP contribution >= 0.6 is 0 Å². The molecule has 190 valence electrons. The normalized spacial score (nSPS) is 14.7. The molecule has 1 aromatic heterocycles. The molecule has 0 atom stereocenters. The number of carbonyl (C=O) groups is 1. The minimum atomic E-state index is -2.83. The second kappa shape index (κ2) is 11.8. The fraction of sp³-hybridized carbons (Fsp3) is 0.333. The zero-order chi connectivity index (χ0) is 25.5. The maximum atomic E-state index is 13.3. The maximum absolute atomic E-state index is 13.3. The van der Waals surface area contributed by atoms with Crippen LogP contribution in [0.2, 0.25) is 0 Å². The molecule has 0 saturated carbocycles. The van der Waals surface area contributed by atoms with Gasteiger partial charge < -0.3 is 25.2 Å². The number of carbonyl (C=O) groups excluding carboxylic acids is 1. The van der Waals surface area contributed by atoms with Crippen LogP contribution in [-0.4, -0.2) is 40.7 Å². The van der Waals surface area contributed by atoms with Crippen LogP contribution in [0.3, 0.4) is 0 Å². The number of hydrogen-bond donors (Lipinski definition) is 2. The first kappa shape index (κ1) is 25.4. The molecule has 3 heterocycles. The molecular weight excluding hydrogens is 468 g/mol. The molecule has 2 aromatic carbocycles. The van der Waals surface area contributed by atoms with Crippen LogP contribution in [-0.2, 0) is 24.3 Å². The summed E-state index contributed by atoms with van der Waals surface area (Å²) in [5, 5.41) is 10.5. The van der Waals surface area contributed by atoms with Crippen molar-refractivity contribution in [2.45, 2.75) is 38.8 Å². The molecule has 3 aromatic rings. The number of benzene rings is 2. The van der Waals surface area contributed by atoms with Crippen LogP contribution in [0.5, 0.6) is 11.5 Å². The Morgan fingerprint density at radius 2 is 1.97 bits per heavy atom. The predicted octanol–water partition coefficient (Wildman–Crippen LogP) is 4.88. The monoisotopic (exact) mass is 497 g/mol. The quantitative estimate of drug-likeness (QED) is 0.488. The minimum Gasteiger partial charge on any atom is -0.507 e. The summed E-state index contributed by atoms with van der Waals surface area (Å²) >= 11 is 0. The molecule has 0 radical (unpaired) electrons. The van der Waals surface area contributed by atoms with Gasteiger partial charge in [-0.1, -0.05) is 18.2 Å². The van der Waals surface area contributed by atoms with E-state index in [9.17, 15) is 18.7 Å². The number of phenolic OH excluding ortho intramolecular Hbond substituents is 1. The van der Waals surface area contributed by atoms with E-state index in [2.05, 4.69) is 4.98 Å². The van der Waals surface area contributed by atoms with Crippen molar-refractivity contribution in [2.24, 2.45) is 0 Å². The molecule has 2 aliphatic heterocycles. The highest BCUT2D eigenvalue weighted by molar-refractivity contribution is 6.00. The number of nitrogens with zero attached hydrogens (tertiary/aromatic N) is 2. The number of halogens is 2. The van der Waals surface area contributed by atoms with E-state index in [4.69, 9.17) is 15.2 Å². The van der Waals surface area contributed by atoms with Crippen LogP contribution in [0, 0.1) is 0 Å². The van der Waals surface area contributed by atoms with Crippen molar-refractivity contribution in [3.05, 3.63) is 82.7 Å². The second-order valence-electron chi connectivity index (χ2n) is 8.60. The molecule has 0 unspecified atom stereocenters. The van der Waals surface area contributed by atoms with Crippen molar-refractivity contribution >= 4 is 11.6 Å². The molecule has 1 amide bonds. The first-order chi connectivity index (χ1) is 17.4. The average molecular weight is 498 g/mol. The van der Waals surface area contributed by atoms with Gasteiger partial charge in [-0.2, -0.15) is 0 Å². The van der Waals surface area contributed by atoms with Gasteiger partial charge in [-0.25, -0.2) is 8.78 Å². The van der Waals surface area contributed by atoms with Crippen molar-refractivity contribution in [1.82, 2.24) is 9.88 Å². The molecule has 3 N–H and O–H groups in total. The summed E-state index contributed by atoms with van der Waals surface area (Å²) in [6.07, 6.45) is 1.91.